The Morgan fingerprint density at radius 2 is 2.29 bits per heavy atom. The SMILES string of the molecule is Cc1cc(C(C)C(=O)NCCc2n[nH]c(=S)n2C)c(C)o1. The molecule has 0 radical (unpaired) electrons. The van der Waals surface area contributed by atoms with E-state index >= 15 is 0 Å². The molecule has 114 valence electrons. The summed E-state index contributed by atoms with van der Waals surface area (Å²) in [5.41, 5.74) is 0.933. The van der Waals surface area contributed by atoms with Gasteiger partial charge in [-0.2, -0.15) is 5.10 Å². The average Bonchev–Trinajstić information content (AvgIpc) is 2.93. The molecule has 0 fully saturated rings. The van der Waals surface area contributed by atoms with Gasteiger partial charge in [0.25, 0.3) is 0 Å². The molecule has 0 aromatic carbocycles. The number of nitrogens with zero attached hydrogens (tertiary/aromatic N) is 2. The van der Waals surface area contributed by atoms with Crippen molar-refractivity contribution in [3.63, 3.8) is 0 Å². The van der Waals surface area contributed by atoms with Gasteiger partial charge in [0.1, 0.15) is 17.3 Å². The molecular weight excluding hydrogens is 288 g/mol. The van der Waals surface area contributed by atoms with Crippen molar-refractivity contribution in [3.8, 4) is 0 Å². The fourth-order valence-corrected chi connectivity index (χ4v) is 2.43. The number of nitrogens with one attached hydrogen (secondary N) is 2. The number of amides is 1. The zero-order valence-electron chi connectivity index (χ0n) is 12.7. The number of hydrogen-bond acceptors (Lipinski definition) is 4. The average molecular weight is 308 g/mol. The van der Waals surface area contributed by atoms with Crippen LogP contribution in [0, 0.1) is 18.6 Å². The molecular formula is C14H20N4O2S. The summed E-state index contributed by atoms with van der Waals surface area (Å²) in [6, 6.07) is 1.91. The van der Waals surface area contributed by atoms with Crippen LogP contribution in [0.1, 0.15) is 35.7 Å². The summed E-state index contributed by atoms with van der Waals surface area (Å²) in [5, 5.41) is 9.76. The monoisotopic (exact) mass is 308 g/mol. The summed E-state index contributed by atoms with van der Waals surface area (Å²) in [4.78, 5) is 12.2. The minimum absolute atomic E-state index is 0.0179. The Bertz CT molecular complexity index is 698. The lowest BCUT2D eigenvalue weighted by molar-refractivity contribution is -0.122. The fraction of sp³-hybridized carbons (Fsp3) is 0.500. The molecule has 1 amide bonds. The third-order valence-electron chi connectivity index (χ3n) is 3.56. The topological polar surface area (TPSA) is 75.8 Å². The molecule has 1 unspecified atom stereocenters. The zero-order chi connectivity index (χ0) is 15.6. The number of hydrogen-bond donors (Lipinski definition) is 2. The van der Waals surface area contributed by atoms with Gasteiger partial charge in [-0.25, -0.2) is 0 Å². The van der Waals surface area contributed by atoms with E-state index in [2.05, 4.69) is 15.5 Å². The normalized spacial score (nSPS) is 12.4. The molecule has 2 aromatic heterocycles. The number of rotatable bonds is 5. The van der Waals surface area contributed by atoms with E-state index in [4.69, 9.17) is 16.6 Å². The second-order valence-corrected chi connectivity index (χ2v) is 5.52. The van der Waals surface area contributed by atoms with E-state index < -0.39 is 0 Å². The van der Waals surface area contributed by atoms with Gasteiger partial charge in [-0.15, -0.1) is 0 Å². The standard InChI is InChI=1S/C14H20N4O2S/c1-8-7-11(10(3)20-8)9(2)13(19)15-6-5-12-16-17-14(21)18(12)4/h7,9H,5-6H2,1-4H3,(H,15,19)(H,17,21). The third-order valence-corrected chi connectivity index (χ3v) is 3.92. The summed E-state index contributed by atoms with van der Waals surface area (Å²) in [5.74, 6) is 2.19. The largest absolute Gasteiger partial charge is 0.466 e. The summed E-state index contributed by atoms with van der Waals surface area (Å²) < 4.78 is 7.85. The first-order valence-electron chi connectivity index (χ1n) is 6.85. The van der Waals surface area contributed by atoms with Gasteiger partial charge >= 0.3 is 0 Å². The van der Waals surface area contributed by atoms with Crippen molar-refractivity contribution in [2.45, 2.75) is 33.1 Å². The van der Waals surface area contributed by atoms with E-state index in [-0.39, 0.29) is 11.8 Å². The van der Waals surface area contributed by atoms with Crippen LogP contribution in [0.5, 0.6) is 0 Å². The van der Waals surface area contributed by atoms with Gasteiger partial charge in [-0.3, -0.25) is 9.89 Å². The summed E-state index contributed by atoms with van der Waals surface area (Å²) in [6.07, 6.45) is 0.630. The lowest BCUT2D eigenvalue weighted by Crippen LogP contribution is -2.30. The van der Waals surface area contributed by atoms with Gasteiger partial charge in [0.05, 0.1) is 5.92 Å². The van der Waals surface area contributed by atoms with E-state index in [1.807, 2.05) is 33.9 Å². The van der Waals surface area contributed by atoms with Crippen molar-refractivity contribution < 1.29 is 9.21 Å². The highest BCUT2D eigenvalue weighted by atomic mass is 32.1. The zero-order valence-corrected chi connectivity index (χ0v) is 13.5. The highest BCUT2D eigenvalue weighted by Gasteiger charge is 2.19. The quantitative estimate of drug-likeness (QED) is 0.830. The van der Waals surface area contributed by atoms with E-state index in [9.17, 15) is 4.79 Å². The van der Waals surface area contributed by atoms with Crippen LogP contribution in [-0.2, 0) is 18.3 Å². The number of carbonyl (C=O) groups is 1. The van der Waals surface area contributed by atoms with Crippen LogP contribution in [0.25, 0.3) is 0 Å². The van der Waals surface area contributed by atoms with Gasteiger partial charge in [0, 0.05) is 25.6 Å². The molecule has 2 aromatic rings. The van der Waals surface area contributed by atoms with Crippen LogP contribution in [-0.4, -0.2) is 27.2 Å². The number of aromatic nitrogens is 3. The fourth-order valence-electron chi connectivity index (χ4n) is 2.28. The third kappa shape index (κ3) is 3.41. The molecule has 0 bridgehead atoms. The van der Waals surface area contributed by atoms with E-state index in [1.54, 1.807) is 4.57 Å². The smallest absolute Gasteiger partial charge is 0.227 e. The first-order valence-corrected chi connectivity index (χ1v) is 7.26. The van der Waals surface area contributed by atoms with Crippen LogP contribution in [0.15, 0.2) is 10.5 Å². The Kier molecular flexibility index (Phi) is 4.62. The van der Waals surface area contributed by atoms with Crippen molar-refractivity contribution in [1.29, 1.82) is 0 Å². The second-order valence-electron chi connectivity index (χ2n) is 5.14. The van der Waals surface area contributed by atoms with Crippen molar-refractivity contribution in [1.82, 2.24) is 20.1 Å². The summed E-state index contributed by atoms with van der Waals surface area (Å²) in [7, 11) is 1.85. The first kappa shape index (κ1) is 15.5. The lowest BCUT2D eigenvalue weighted by atomic mass is 10.0. The number of aromatic amines is 1. The molecule has 0 saturated heterocycles. The maximum atomic E-state index is 12.2. The number of furan rings is 1. The Labute approximate surface area is 128 Å². The molecule has 6 nitrogen and oxygen atoms in total. The van der Waals surface area contributed by atoms with Crippen molar-refractivity contribution in [3.05, 3.63) is 33.7 Å². The van der Waals surface area contributed by atoms with Gasteiger partial charge in [-0.1, -0.05) is 0 Å². The molecule has 2 N–H and O–H groups in total. The number of H-pyrrole nitrogens is 1. The minimum atomic E-state index is -0.232. The van der Waals surface area contributed by atoms with Crippen molar-refractivity contribution >= 4 is 18.1 Å². The van der Waals surface area contributed by atoms with Crippen LogP contribution in [0.4, 0.5) is 0 Å². The van der Waals surface area contributed by atoms with E-state index in [0.717, 1.165) is 22.9 Å². The van der Waals surface area contributed by atoms with Crippen molar-refractivity contribution in [2.75, 3.05) is 6.54 Å². The lowest BCUT2D eigenvalue weighted by Gasteiger charge is -2.11. The molecule has 2 heterocycles. The van der Waals surface area contributed by atoms with Gasteiger partial charge in [0.2, 0.25) is 5.91 Å². The van der Waals surface area contributed by atoms with Gasteiger partial charge in [0.15, 0.2) is 4.77 Å². The number of aryl methyl sites for hydroxylation is 2. The number of carbonyl (C=O) groups excluding carboxylic acids is 1. The Morgan fingerprint density at radius 3 is 2.81 bits per heavy atom. The molecule has 0 aliphatic carbocycles. The molecule has 0 spiro atoms. The molecule has 21 heavy (non-hydrogen) atoms. The van der Waals surface area contributed by atoms with E-state index in [0.29, 0.717) is 17.7 Å². The van der Waals surface area contributed by atoms with Crippen LogP contribution in [0.2, 0.25) is 0 Å². The van der Waals surface area contributed by atoms with Crippen LogP contribution in [0.3, 0.4) is 0 Å². The Balaban J connectivity index is 1.91. The Hall–Kier alpha value is -1.89. The maximum absolute atomic E-state index is 12.2. The van der Waals surface area contributed by atoms with E-state index in [1.165, 1.54) is 0 Å². The molecule has 7 heteroatoms. The minimum Gasteiger partial charge on any atom is -0.466 e. The molecule has 0 saturated carbocycles. The maximum Gasteiger partial charge on any atom is 0.227 e. The molecule has 0 aliphatic heterocycles. The van der Waals surface area contributed by atoms with Gasteiger partial charge in [-0.05, 0) is 39.1 Å². The van der Waals surface area contributed by atoms with Gasteiger partial charge < -0.3 is 14.3 Å². The Morgan fingerprint density at radius 1 is 1.57 bits per heavy atom. The predicted molar refractivity (Wildman–Crippen MR) is 81.7 cm³/mol. The first-order chi connectivity index (χ1) is 9.90. The molecule has 0 aliphatic rings. The van der Waals surface area contributed by atoms with Crippen LogP contribution >= 0.6 is 12.2 Å². The highest BCUT2D eigenvalue weighted by Crippen LogP contribution is 2.23. The summed E-state index contributed by atoms with van der Waals surface area (Å²) in [6.45, 7) is 6.15. The molecule has 2 rings (SSSR count). The second kappa shape index (κ2) is 6.26. The summed E-state index contributed by atoms with van der Waals surface area (Å²) >= 11 is 5.05. The van der Waals surface area contributed by atoms with Crippen molar-refractivity contribution in [2.24, 2.45) is 7.05 Å². The molecule has 1 atom stereocenters. The highest BCUT2D eigenvalue weighted by molar-refractivity contribution is 7.71. The van der Waals surface area contributed by atoms with Crippen LogP contribution < -0.4 is 5.32 Å². The predicted octanol–water partition coefficient (Wildman–Crippen LogP) is 2.15.